The van der Waals surface area contributed by atoms with Crippen molar-refractivity contribution in [2.45, 2.75) is 58.1 Å². The summed E-state index contributed by atoms with van der Waals surface area (Å²) in [5.41, 5.74) is 0.121. The Balaban J connectivity index is 2.43. The molecule has 1 N–H and O–H groups in total. The Hall–Kier alpha value is -0.520. The summed E-state index contributed by atoms with van der Waals surface area (Å²) < 4.78 is 5.92. The van der Waals surface area contributed by atoms with Gasteiger partial charge in [-0.15, -0.1) is 5.92 Å². The molecule has 1 rings (SSSR count). The van der Waals surface area contributed by atoms with Crippen molar-refractivity contribution < 1.29 is 4.74 Å². The summed E-state index contributed by atoms with van der Waals surface area (Å²) in [5, 5.41) is 3.49. The molecular weight excluding hydrogens is 186 g/mol. The maximum atomic E-state index is 5.92. The molecule has 0 aromatic carbocycles. The van der Waals surface area contributed by atoms with E-state index in [4.69, 9.17) is 4.74 Å². The standard InChI is InChI=1S/C13H23NO/c1-4-7-9-14-12-8-10-15-13(5-2,6-3)11-12/h12,14H,5-6,8-11H2,1-3H3. The highest BCUT2D eigenvalue weighted by molar-refractivity contribution is 4.98. The van der Waals surface area contributed by atoms with Gasteiger partial charge in [-0.3, -0.25) is 0 Å². The van der Waals surface area contributed by atoms with E-state index >= 15 is 0 Å². The zero-order valence-electron chi connectivity index (χ0n) is 10.2. The van der Waals surface area contributed by atoms with E-state index in [-0.39, 0.29) is 5.60 Å². The number of nitrogens with one attached hydrogen (secondary N) is 1. The SMILES string of the molecule is CC#CCNC1CCOC(CC)(CC)C1. The third-order valence-corrected chi connectivity index (χ3v) is 3.44. The molecule has 1 unspecified atom stereocenters. The topological polar surface area (TPSA) is 21.3 Å². The van der Waals surface area contributed by atoms with Crippen LogP contribution in [0.3, 0.4) is 0 Å². The van der Waals surface area contributed by atoms with Gasteiger partial charge in [0.05, 0.1) is 12.1 Å². The van der Waals surface area contributed by atoms with Crippen LogP contribution in [0.25, 0.3) is 0 Å². The molecule has 1 fully saturated rings. The quantitative estimate of drug-likeness (QED) is 0.718. The van der Waals surface area contributed by atoms with Gasteiger partial charge in [-0.05, 0) is 32.6 Å². The molecule has 0 aromatic heterocycles. The fourth-order valence-electron chi connectivity index (χ4n) is 2.23. The maximum absolute atomic E-state index is 5.92. The smallest absolute Gasteiger partial charge is 0.0692 e. The van der Waals surface area contributed by atoms with E-state index in [9.17, 15) is 0 Å². The molecule has 0 amide bonds. The van der Waals surface area contributed by atoms with Crippen LogP contribution < -0.4 is 5.32 Å². The predicted molar refractivity (Wildman–Crippen MR) is 63.7 cm³/mol. The highest BCUT2D eigenvalue weighted by Gasteiger charge is 2.33. The van der Waals surface area contributed by atoms with Crippen molar-refractivity contribution in [3.8, 4) is 11.8 Å². The fourth-order valence-corrected chi connectivity index (χ4v) is 2.23. The van der Waals surface area contributed by atoms with E-state index in [1.165, 1.54) is 0 Å². The lowest BCUT2D eigenvalue weighted by atomic mass is 9.86. The molecule has 1 heterocycles. The van der Waals surface area contributed by atoms with Gasteiger partial charge in [0.1, 0.15) is 0 Å². The van der Waals surface area contributed by atoms with Gasteiger partial charge < -0.3 is 10.1 Å². The summed E-state index contributed by atoms with van der Waals surface area (Å²) in [7, 11) is 0. The first-order valence-electron chi connectivity index (χ1n) is 6.03. The molecule has 15 heavy (non-hydrogen) atoms. The second-order valence-electron chi connectivity index (χ2n) is 4.24. The Kier molecular flexibility index (Phi) is 5.14. The normalized spacial score (nSPS) is 24.3. The predicted octanol–water partition coefficient (Wildman–Crippen LogP) is 2.34. The molecule has 1 aliphatic rings. The van der Waals surface area contributed by atoms with Crippen LogP contribution in [-0.4, -0.2) is 24.8 Å². The minimum Gasteiger partial charge on any atom is -0.375 e. The highest BCUT2D eigenvalue weighted by atomic mass is 16.5. The van der Waals surface area contributed by atoms with Crippen molar-refractivity contribution in [3.63, 3.8) is 0 Å². The maximum Gasteiger partial charge on any atom is 0.0692 e. The first-order chi connectivity index (χ1) is 7.26. The molecule has 0 radical (unpaired) electrons. The molecule has 0 spiro atoms. The van der Waals surface area contributed by atoms with E-state index in [1.807, 2.05) is 6.92 Å². The van der Waals surface area contributed by atoms with Crippen molar-refractivity contribution in [3.05, 3.63) is 0 Å². The largest absolute Gasteiger partial charge is 0.375 e. The number of hydrogen-bond acceptors (Lipinski definition) is 2. The van der Waals surface area contributed by atoms with Crippen molar-refractivity contribution in [2.24, 2.45) is 0 Å². The van der Waals surface area contributed by atoms with Gasteiger partial charge in [0.15, 0.2) is 0 Å². The summed E-state index contributed by atoms with van der Waals surface area (Å²) in [6.45, 7) is 8.02. The summed E-state index contributed by atoms with van der Waals surface area (Å²) in [6.07, 6.45) is 4.47. The lowest BCUT2D eigenvalue weighted by Crippen LogP contribution is -2.46. The summed E-state index contributed by atoms with van der Waals surface area (Å²) in [4.78, 5) is 0. The van der Waals surface area contributed by atoms with Crippen LogP contribution in [0.2, 0.25) is 0 Å². The third-order valence-electron chi connectivity index (χ3n) is 3.44. The average molecular weight is 209 g/mol. The molecule has 86 valence electrons. The molecule has 0 bridgehead atoms. The van der Waals surface area contributed by atoms with Crippen LogP contribution in [0, 0.1) is 11.8 Å². The van der Waals surface area contributed by atoms with Gasteiger partial charge in [0.25, 0.3) is 0 Å². The molecular formula is C13H23NO. The van der Waals surface area contributed by atoms with Crippen LogP contribution in [0.5, 0.6) is 0 Å². The Morgan fingerprint density at radius 1 is 1.40 bits per heavy atom. The first kappa shape index (κ1) is 12.5. The van der Waals surface area contributed by atoms with E-state index in [1.54, 1.807) is 0 Å². The molecule has 1 aliphatic heterocycles. The molecule has 1 saturated heterocycles. The molecule has 0 aliphatic carbocycles. The zero-order chi connectivity index (χ0) is 11.1. The molecule has 2 nitrogen and oxygen atoms in total. The van der Waals surface area contributed by atoms with Crippen molar-refractivity contribution in [1.82, 2.24) is 5.32 Å². The van der Waals surface area contributed by atoms with Gasteiger partial charge in [-0.25, -0.2) is 0 Å². The van der Waals surface area contributed by atoms with Gasteiger partial charge in [-0.1, -0.05) is 19.8 Å². The van der Waals surface area contributed by atoms with Gasteiger partial charge in [0, 0.05) is 12.6 Å². The average Bonchev–Trinajstić information content (AvgIpc) is 2.30. The van der Waals surface area contributed by atoms with E-state index in [0.717, 1.165) is 38.8 Å². The van der Waals surface area contributed by atoms with Gasteiger partial charge >= 0.3 is 0 Å². The molecule has 0 saturated carbocycles. The van der Waals surface area contributed by atoms with Crippen LogP contribution >= 0.6 is 0 Å². The monoisotopic (exact) mass is 209 g/mol. The highest BCUT2D eigenvalue weighted by Crippen LogP contribution is 2.31. The van der Waals surface area contributed by atoms with Crippen LogP contribution in [0.4, 0.5) is 0 Å². The number of ether oxygens (including phenoxy) is 1. The second kappa shape index (κ2) is 6.15. The Morgan fingerprint density at radius 2 is 2.13 bits per heavy atom. The Morgan fingerprint density at radius 3 is 2.73 bits per heavy atom. The number of hydrogen-bond donors (Lipinski definition) is 1. The van der Waals surface area contributed by atoms with Crippen LogP contribution in [0.1, 0.15) is 46.5 Å². The first-order valence-corrected chi connectivity index (χ1v) is 6.03. The lowest BCUT2D eigenvalue weighted by Gasteiger charge is -2.40. The van der Waals surface area contributed by atoms with Crippen molar-refractivity contribution in [2.75, 3.05) is 13.2 Å². The molecule has 0 aromatic rings. The fraction of sp³-hybridized carbons (Fsp3) is 0.846. The second-order valence-corrected chi connectivity index (χ2v) is 4.24. The van der Waals surface area contributed by atoms with E-state index in [0.29, 0.717) is 6.04 Å². The third kappa shape index (κ3) is 3.52. The minimum atomic E-state index is 0.121. The lowest BCUT2D eigenvalue weighted by molar-refractivity contribution is -0.0926. The molecule has 1 atom stereocenters. The van der Waals surface area contributed by atoms with Crippen LogP contribution in [-0.2, 0) is 4.74 Å². The Bertz CT molecular complexity index is 235. The summed E-state index contributed by atoms with van der Waals surface area (Å²) in [5.74, 6) is 5.97. The van der Waals surface area contributed by atoms with Gasteiger partial charge in [-0.2, -0.15) is 0 Å². The van der Waals surface area contributed by atoms with E-state index in [2.05, 4.69) is 31.0 Å². The summed E-state index contributed by atoms with van der Waals surface area (Å²) >= 11 is 0. The van der Waals surface area contributed by atoms with Crippen molar-refractivity contribution >= 4 is 0 Å². The molecule has 2 heteroatoms. The van der Waals surface area contributed by atoms with Crippen molar-refractivity contribution in [1.29, 1.82) is 0 Å². The Labute approximate surface area is 93.8 Å². The number of rotatable bonds is 4. The zero-order valence-corrected chi connectivity index (χ0v) is 10.2. The van der Waals surface area contributed by atoms with Crippen LogP contribution in [0.15, 0.2) is 0 Å². The van der Waals surface area contributed by atoms with E-state index < -0.39 is 0 Å². The summed E-state index contributed by atoms with van der Waals surface area (Å²) in [6, 6.07) is 0.583. The minimum absolute atomic E-state index is 0.121. The van der Waals surface area contributed by atoms with Gasteiger partial charge in [0.2, 0.25) is 0 Å².